The van der Waals surface area contributed by atoms with Crippen LogP contribution >= 0.6 is 12.6 Å². The summed E-state index contributed by atoms with van der Waals surface area (Å²) in [5, 5.41) is 7.88. The molecule has 2 N–H and O–H groups in total. The molecule has 7 nitrogen and oxygen atoms in total. The summed E-state index contributed by atoms with van der Waals surface area (Å²) in [5.41, 5.74) is 2.55. The van der Waals surface area contributed by atoms with Crippen LogP contribution in [0.1, 0.15) is 89.0 Å². The Morgan fingerprint density at radius 2 is 1.57 bits per heavy atom. The van der Waals surface area contributed by atoms with Crippen LogP contribution in [0.2, 0.25) is 0 Å². The zero-order valence-electron chi connectivity index (χ0n) is 27.1. The second-order valence-electron chi connectivity index (χ2n) is 12.5. The van der Waals surface area contributed by atoms with Crippen molar-refractivity contribution in [2.24, 2.45) is 0 Å². The Labute approximate surface area is 268 Å². The molecule has 0 heterocycles. The molecule has 44 heavy (non-hydrogen) atoms. The molecular formula is C36H49N3O4S. The highest BCUT2D eigenvalue weighted by Gasteiger charge is 2.36. The van der Waals surface area contributed by atoms with E-state index >= 15 is 0 Å². The first-order valence-electron chi connectivity index (χ1n) is 15.7. The number of anilines is 1. The number of alkyl carbamates (subject to hydrolysis) is 1. The number of benzene rings is 3. The number of nitrogens with zero attached hydrogens (tertiary/aromatic N) is 1. The lowest BCUT2D eigenvalue weighted by Gasteiger charge is -2.35. The van der Waals surface area contributed by atoms with Crippen LogP contribution in [0.15, 0.2) is 60.7 Å². The van der Waals surface area contributed by atoms with Gasteiger partial charge in [-0.15, -0.1) is 0 Å². The summed E-state index contributed by atoms with van der Waals surface area (Å²) in [6, 6.07) is 17.8. The lowest BCUT2D eigenvalue weighted by molar-refractivity contribution is -0.140. The molecule has 0 saturated heterocycles. The Morgan fingerprint density at radius 3 is 2.25 bits per heavy atom. The number of carbonyl (C=O) groups excluding carboxylic acids is 3. The average molecular weight is 620 g/mol. The largest absolute Gasteiger partial charge is 0.444 e. The maximum absolute atomic E-state index is 14.3. The van der Waals surface area contributed by atoms with Crippen molar-refractivity contribution in [3.8, 4) is 0 Å². The van der Waals surface area contributed by atoms with Crippen LogP contribution in [-0.4, -0.2) is 46.7 Å². The lowest BCUT2D eigenvalue weighted by Crippen LogP contribution is -2.53. The zero-order chi connectivity index (χ0) is 32.3. The number of aryl methyl sites for hydroxylation is 2. The number of nitrogens with one attached hydrogen (secondary N) is 2. The highest BCUT2D eigenvalue weighted by Crippen LogP contribution is 2.29. The number of carbonyl (C=O) groups is 3. The fraction of sp³-hybridized carbons (Fsp3) is 0.472. The highest BCUT2D eigenvalue weighted by atomic mass is 32.1. The molecule has 2 atom stereocenters. The summed E-state index contributed by atoms with van der Waals surface area (Å²) in [4.78, 5) is 43.0. The Balaban J connectivity index is 2.01. The number of amides is 3. The Morgan fingerprint density at radius 1 is 0.886 bits per heavy atom. The molecule has 238 valence electrons. The zero-order valence-corrected chi connectivity index (χ0v) is 28.0. The number of hydrogen-bond acceptors (Lipinski definition) is 5. The molecule has 3 rings (SSSR count). The van der Waals surface area contributed by atoms with Gasteiger partial charge in [-0.25, -0.2) is 4.79 Å². The molecule has 3 aromatic rings. The Kier molecular flexibility index (Phi) is 13.1. The number of rotatable bonds is 14. The van der Waals surface area contributed by atoms with E-state index in [2.05, 4.69) is 30.2 Å². The normalized spacial score (nSPS) is 12.8. The SMILES string of the molecule is CCCCCCCCN(C(=O)C(CS)NC(=O)OC(C)(C)C)C(C(=O)Nc1ccc2ccccc2c1)c1cc(C)ccc1C. The van der Waals surface area contributed by atoms with E-state index in [4.69, 9.17) is 4.74 Å². The van der Waals surface area contributed by atoms with Gasteiger partial charge in [0.05, 0.1) is 0 Å². The summed E-state index contributed by atoms with van der Waals surface area (Å²) in [6.45, 7) is 11.8. The standard InChI is InChI=1S/C36H49N3O4S/c1-7-8-9-10-11-14-21-39(34(41)31(24-44)38-35(42)43-36(4,5)6)32(30-22-25(2)17-18-26(30)3)33(40)37-29-20-19-27-15-12-13-16-28(27)23-29/h12-13,15-20,22-23,31-32,44H,7-11,14,21,24H2,1-6H3,(H,37,40)(H,38,42). The van der Waals surface area contributed by atoms with Gasteiger partial charge < -0.3 is 20.3 Å². The summed E-state index contributed by atoms with van der Waals surface area (Å²) in [5.74, 6) is -0.640. The van der Waals surface area contributed by atoms with E-state index in [0.29, 0.717) is 12.2 Å². The molecule has 0 aliphatic heterocycles. The number of thiol groups is 1. The predicted octanol–water partition coefficient (Wildman–Crippen LogP) is 8.15. The van der Waals surface area contributed by atoms with Gasteiger partial charge in [0, 0.05) is 18.0 Å². The first kappa shape index (κ1) is 35.0. The third kappa shape index (κ3) is 10.3. The number of hydrogen-bond donors (Lipinski definition) is 3. The minimum Gasteiger partial charge on any atom is -0.444 e. The smallest absolute Gasteiger partial charge is 0.408 e. The second-order valence-corrected chi connectivity index (χ2v) is 12.9. The monoisotopic (exact) mass is 619 g/mol. The molecular weight excluding hydrogens is 570 g/mol. The fourth-order valence-electron chi connectivity index (χ4n) is 5.25. The summed E-state index contributed by atoms with van der Waals surface area (Å²) in [7, 11) is 0. The number of ether oxygens (including phenoxy) is 1. The van der Waals surface area contributed by atoms with Crippen LogP contribution < -0.4 is 10.6 Å². The highest BCUT2D eigenvalue weighted by molar-refractivity contribution is 7.80. The van der Waals surface area contributed by atoms with E-state index in [1.807, 2.05) is 74.5 Å². The molecule has 0 saturated carbocycles. The van der Waals surface area contributed by atoms with Crippen molar-refractivity contribution in [3.63, 3.8) is 0 Å². The van der Waals surface area contributed by atoms with Gasteiger partial charge in [0.25, 0.3) is 5.91 Å². The topological polar surface area (TPSA) is 87.7 Å². The van der Waals surface area contributed by atoms with E-state index in [0.717, 1.165) is 59.6 Å². The molecule has 0 aliphatic carbocycles. The van der Waals surface area contributed by atoms with Crippen LogP contribution in [0.4, 0.5) is 10.5 Å². The van der Waals surface area contributed by atoms with Gasteiger partial charge in [-0.3, -0.25) is 9.59 Å². The minimum atomic E-state index is -0.977. The van der Waals surface area contributed by atoms with Crippen LogP contribution in [0.25, 0.3) is 10.8 Å². The predicted molar refractivity (Wildman–Crippen MR) is 183 cm³/mol. The number of fused-ring (bicyclic) bond motifs is 1. The average Bonchev–Trinajstić information content (AvgIpc) is 2.97. The van der Waals surface area contributed by atoms with Crippen molar-refractivity contribution in [2.75, 3.05) is 17.6 Å². The Hall–Kier alpha value is -3.52. The van der Waals surface area contributed by atoms with Crippen LogP contribution in [0.3, 0.4) is 0 Å². The lowest BCUT2D eigenvalue weighted by atomic mass is 9.95. The van der Waals surface area contributed by atoms with Crippen molar-refractivity contribution in [1.29, 1.82) is 0 Å². The summed E-state index contributed by atoms with van der Waals surface area (Å²) in [6.07, 6.45) is 5.46. The van der Waals surface area contributed by atoms with Crippen molar-refractivity contribution in [2.45, 2.75) is 97.8 Å². The van der Waals surface area contributed by atoms with E-state index in [1.54, 1.807) is 25.7 Å². The molecule has 8 heteroatoms. The minimum absolute atomic E-state index is 0.0525. The second kappa shape index (κ2) is 16.5. The van der Waals surface area contributed by atoms with Gasteiger partial charge in [-0.1, -0.05) is 93.1 Å². The molecule has 0 radical (unpaired) electrons. The molecule has 0 spiro atoms. The third-order valence-electron chi connectivity index (χ3n) is 7.51. The molecule has 0 aliphatic rings. The summed E-state index contributed by atoms with van der Waals surface area (Å²) < 4.78 is 5.44. The van der Waals surface area contributed by atoms with Gasteiger partial charge in [-0.2, -0.15) is 12.6 Å². The first-order valence-corrected chi connectivity index (χ1v) is 16.3. The van der Waals surface area contributed by atoms with Crippen molar-refractivity contribution < 1.29 is 19.1 Å². The van der Waals surface area contributed by atoms with Crippen LogP contribution in [0, 0.1) is 13.8 Å². The quantitative estimate of drug-likeness (QED) is 0.126. The molecule has 0 bridgehead atoms. The first-order chi connectivity index (χ1) is 20.9. The van der Waals surface area contributed by atoms with Crippen molar-refractivity contribution >= 4 is 47.0 Å². The third-order valence-corrected chi connectivity index (χ3v) is 7.88. The van der Waals surface area contributed by atoms with Crippen LogP contribution in [-0.2, 0) is 14.3 Å². The van der Waals surface area contributed by atoms with Crippen molar-refractivity contribution in [1.82, 2.24) is 10.2 Å². The Bertz CT molecular complexity index is 1420. The van der Waals surface area contributed by atoms with E-state index in [1.165, 1.54) is 6.42 Å². The number of unbranched alkanes of at least 4 members (excludes halogenated alkanes) is 5. The van der Waals surface area contributed by atoms with Gasteiger partial charge in [0.15, 0.2) is 0 Å². The van der Waals surface area contributed by atoms with Gasteiger partial charge in [-0.05, 0) is 75.1 Å². The van der Waals surface area contributed by atoms with Crippen molar-refractivity contribution in [3.05, 3.63) is 77.4 Å². The molecule has 3 amide bonds. The van der Waals surface area contributed by atoms with E-state index in [9.17, 15) is 14.4 Å². The maximum atomic E-state index is 14.3. The van der Waals surface area contributed by atoms with E-state index < -0.39 is 23.8 Å². The maximum Gasteiger partial charge on any atom is 0.408 e. The summed E-state index contributed by atoms with van der Waals surface area (Å²) >= 11 is 4.42. The molecule has 0 aromatic heterocycles. The van der Waals surface area contributed by atoms with E-state index in [-0.39, 0.29) is 17.6 Å². The van der Waals surface area contributed by atoms with Gasteiger partial charge in [0.1, 0.15) is 17.7 Å². The molecule has 3 aromatic carbocycles. The van der Waals surface area contributed by atoms with Crippen LogP contribution in [0.5, 0.6) is 0 Å². The van der Waals surface area contributed by atoms with Gasteiger partial charge >= 0.3 is 6.09 Å². The van der Waals surface area contributed by atoms with Gasteiger partial charge in [0.2, 0.25) is 5.91 Å². The molecule has 0 fully saturated rings. The molecule has 2 unspecified atom stereocenters. The fourth-order valence-corrected chi connectivity index (χ4v) is 5.49.